The second kappa shape index (κ2) is 5.46. The lowest BCUT2D eigenvalue weighted by atomic mass is 10.1. The van der Waals surface area contributed by atoms with Crippen molar-refractivity contribution in [1.29, 1.82) is 0 Å². The number of rotatable bonds is 1. The minimum atomic E-state index is -0.771. The fourth-order valence-corrected chi connectivity index (χ4v) is 2.27. The molecular formula is C14H17F2NO. The van der Waals surface area contributed by atoms with Gasteiger partial charge in [-0.2, -0.15) is 0 Å². The van der Waals surface area contributed by atoms with Crippen LogP contribution < -0.4 is 0 Å². The fraction of sp³-hybridized carbons (Fsp3) is 0.500. The SMILES string of the molecule is Cc1cc(C(=O)N2CCCCCC2)c(F)cc1F. The maximum Gasteiger partial charge on any atom is 0.256 e. The van der Waals surface area contributed by atoms with Crippen LogP contribution in [-0.4, -0.2) is 23.9 Å². The highest BCUT2D eigenvalue weighted by atomic mass is 19.1. The normalized spacial score (nSPS) is 16.5. The third-order valence-corrected chi connectivity index (χ3v) is 3.37. The summed E-state index contributed by atoms with van der Waals surface area (Å²) in [6.07, 6.45) is 4.12. The number of benzene rings is 1. The summed E-state index contributed by atoms with van der Waals surface area (Å²) in [5, 5.41) is 0. The largest absolute Gasteiger partial charge is 0.339 e. The summed E-state index contributed by atoms with van der Waals surface area (Å²) in [5.41, 5.74) is 0.283. The molecule has 0 radical (unpaired) electrons. The first-order valence-electron chi connectivity index (χ1n) is 6.34. The smallest absolute Gasteiger partial charge is 0.256 e. The molecule has 0 bridgehead atoms. The highest BCUT2D eigenvalue weighted by Crippen LogP contribution is 2.18. The minimum absolute atomic E-state index is 0.0178. The number of aryl methyl sites for hydroxylation is 1. The van der Waals surface area contributed by atoms with Crippen LogP contribution in [0.15, 0.2) is 12.1 Å². The second-order valence-corrected chi connectivity index (χ2v) is 4.79. The Bertz CT molecular complexity index is 451. The molecule has 2 nitrogen and oxygen atoms in total. The van der Waals surface area contributed by atoms with Gasteiger partial charge in [0.25, 0.3) is 5.91 Å². The summed E-state index contributed by atoms with van der Waals surface area (Å²) >= 11 is 0. The van der Waals surface area contributed by atoms with Gasteiger partial charge >= 0.3 is 0 Å². The summed E-state index contributed by atoms with van der Waals surface area (Å²) in [6, 6.07) is 2.10. The van der Waals surface area contributed by atoms with E-state index < -0.39 is 11.6 Å². The second-order valence-electron chi connectivity index (χ2n) is 4.79. The third kappa shape index (κ3) is 2.68. The number of likely N-dealkylation sites (tertiary alicyclic amines) is 1. The van der Waals surface area contributed by atoms with Crippen molar-refractivity contribution in [3.05, 3.63) is 34.9 Å². The van der Waals surface area contributed by atoms with Crippen LogP contribution >= 0.6 is 0 Å². The Morgan fingerprint density at radius 3 is 2.28 bits per heavy atom. The standard InChI is InChI=1S/C14H17F2NO/c1-10-8-11(13(16)9-12(10)15)14(18)17-6-4-2-3-5-7-17/h8-9H,2-7H2,1H3. The van der Waals surface area contributed by atoms with Crippen molar-refractivity contribution < 1.29 is 13.6 Å². The predicted octanol–water partition coefficient (Wildman–Crippen LogP) is 3.29. The first-order valence-corrected chi connectivity index (χ1v) is 6.34. The van der Waals surface area contributed by atoms with Crippen LogP contribution in [0.1, 0.15) is 41.6 Å². The quantitative estimate of drug-likeness (QED) is 0.752. The van der Waals surface area contributed by atoms with Crippen LogP contribution in [-0.2, 0) is 0 Å². The number of halogens is 2. The number of nitrogens with zero attached hydrogens (tertiary/aromatic N) is 1. The number of hydrogen-bond acceptors (Lipinski definition) is 1. The van der Waals surface area contributed by atoms with Crippen molar-refractivity contribution in [2.45, 2.75) is 32.6 Å². The van der Waals surface area contributed by atoms with E-state index >= 15 is 0 Å². The van der Waals surface area contributed by atoms with Crippen molar-refractivity contribution in [2.75, 3.05) is 13.1 Å². The summed E-state index contributed by atoms with van der Waals surface area (Å²) in [7, 11) is 0. The number of hydrogen-bond donors (Lipinski definition) is 0. The molecule has 4 heteroatoms. The van der Waals surface area contributed by atoms with E-state index in [2.05, 4.69) is 0 Å². The highest BCUT2D eigenvalue weighted by Gasteiger charge is 2.21. The topological polar surface area (TPSA) is 20.3 Å². The van der Waals surface area contributed by atoms with E-state index in [0.717, 1.165) is 31.7 Å². The van der Waals surface area contributed by atoms with Gasteiger partial charge in [-0.1, -0.05) is 12.8 Å². The van der Waals surface area contributed by atoms with Crippen LogP contribution in [0.4, 0.5) is 8.78 Å². The first kappa shape index (κ1) is 13.0. The molecule has 1 heterocycles. The maximum atomic E-state index is 13.6. The lowest BCUT2D eigenvalue weighted by molar-refractivity contribution is 0.0756. The summed E-state index contributed by atoms with van der Waals surface area (Å²) in [6.45, 7) is 2.86. The summed E-state index contributed by atoms with van der Waals surface area (Å²) in [5.74, 6) is -1.70. The van der Waals surface area contributed by atoms with Crippen molar-refractivity contribution >= 4 is 5.91 Å². The zero-order valence-electron chi connectivity index (χ0n) is 10.5. The van der Waals surface area contributed by atoms with E-state index in [1.807, 2.05) is 0 Å². The summed E-state index contributed by atoms with van der Waals surface area (Å²) < 4.78 is 26.8. The predicted molar refractivity (Wildman–Crippen MR) is 65.5 cm³/mol. The Balaban J connectivity index is 2.24. The average molecular weight is 253 g/mol. The van der Waals surface area contributed by atoms with E-state index in [9.17, 15) is 13.6 Å². The lowest BCUT2D eigenvalue weighted by Gasteiger charge is -2.20. The zero-order valence-corrected chi connectivity index (χ0v) is 10.5. The molecule has 1 aliphatic heterocycles. The first-order chi connectivity index (χ1) is 8.59. The Kier molecular flexibility index (Phi) is 3.94. The van der Waals surface area contributed by atoms with E-state index in [4.69, 9.17) is 0 Å². The average Bonchev–Trinajstić information content (AvgIpc) is 2.61. The highest BCUT2D eigenvalue weighted by molar-refractivity contribution is 5.94. The third-order valence-electron chi connectivity index (χ3n) is 3.37. The van der Waals surface area contributed by atoms with Crippen molar-refractivity contribution in [3.8, 4) is 0 Å². The van der Waals surface area contributed by atoms with Gasteiger partial charge in [-0.05, 0) is 31.4 Å². The van der Waals surface area contributed by atoms with Gasteiger partial charge in [0.1, 0.15) is 11.6 Å². The molecule has 0 atom stereocenters. The van der Waals surface area contributed by atoms with Crippen LogP contribution in [0.5, 0.6) is 0 Å². The molecule has 1 aliphatic rings. The zero-order chi connectivity index (χ0) is 13.1. The Morgan fingerprint density at radius 2 is 1.67 bits per heavy atom. The molecule has 1 aromatic rings. The molecule has 2 rings (SSSR count). The molecule has 0 spiro atoms. The van der Waals surface area contributed by atoms with Gasteiger partial charge in [-0.15, -0.1) is 0 Å². The van der Waals surface area contributed by atoms with E-state index in [-0.39, 0.29) is 11.5 Å². The number of carbonyl (C=O) groups is 1. The van der Waals surface area contributed by atoms with Crippen LogP contribution in [0.3, 0.4) is 0 Å². The molecular weight excluding hydrogens is 236 g/mol. The van der Waals surface area contributed by atoms with Crippen molar-refractivity contribution in [1.82, 2.24) is 4.90 Å². The Labute approximate surface area is 106 Å². The molecule has 1 saturated heterocycles. The number of carbonyl (C=O) groups excluding carboxylic acids is 1. The molecule has 98 valence electrons. The minimum Gasteiger partial charge on any atom is -0.339 e. The van der Waals surface area contributed by atoms with Crippen LogP contribution in [0, 0.1) is 18.6 Å². The van der Waals surface area contributed by atoms with Crippen molar-refractivity contribution in [3.63, 3.8) is 0 Å². The van der Waals surface area contributed by atoms with Gasteiger partial charge in [0, 0.05) is 19.2 Å². The van der Waals surface area contributed by atoms with E-state index in [1.165, 1.54) is 13.0 Å². The van der Waals surface area contributed by atoms with Gasteiger partial charge in [0.15, 0.2) is 0 Å². The Hall–Kier alpha value is -1.45. The van der Waals surface area contributed by atoms with Gasteiger partial charge in [0.05, 0.1) is 5.56 Å². The molecule has 1 fully saturated rings. The van der Waals surface area contributed by atoms with E-state index in [1.54, 1.807) is 4.90 Å². The molecule has 0 aromatic heterocycles. The number of amides is 1. The Morgan fingerprint density at radius 1 is 1.06 bits per heavy atom. The molecule has 0 N–H and O–H groups in total. The fourth-order valence-electron chi connectivity index (χ4n) is 2.27. The monoisotopic (exact) mass is 253 g/mol. The molecule has 18 heavy (non-hydrogen) atoms. The van der Waals surface area contributed by atoms with Gasteiger partial charge in [0.2, 0.25) is 0 Å². The van der Waals surface area contributed by atoms with E-state index in [0.29, 0.717) is 18.7 Å². The van der Waals surface area contributed by atoms with Gasteiger partial charge < -0.3 is 4.90 Å². The molecule has 0 unspecified atom stereocenters. The van der Waals surface area contributed by atoms with Crippen LogP contribution in [0.2, 0.25) is 0 Å². The lowest BCUT2D eigenvalue weighted by Crippen LogP contribution is -2.32. The maximum absolute atomic E-state index is 13.6. The molecule has 1 aromatic carbocycles. The molecule has 0 saturated carbocycles. The van der Waals surface area contributed by atoms with Gasteiger partial charge in [-0.3, -0.25) is 4.79 Å². The van der Waals surface area contributed by atoms with Gasteiger partial charge in [-0.25, -0.2) is 8.78 Å². The van der Waals surface area contributed by atoms with Crippen LogP contribution in [0.25, 0.3) is 0 Å². The molecule has 0 aliphatic carbocycles. The summed E-state index contributed by atoms with van der Waals surface area (Å²) in [4.78, 5) is 13.9. The molecule has 1 amide bonds. The van der Waals surface area contributed by atoms with Crippen molar-refractivity contribution in [2.24, 2.45) is 0 Å².